The summed E-state index contributed by atoms with van der Waals surface area (Å²) in [6, 6.07) is 10.6. The van der Waals surface area contributed by atoms with Crippen molar-refractivity contribution < 1.29 is 17.9 Å². The van der Waals surface area contributed by atoms with Gasteiger partial charge in [0.1, 0.15) is 5.82 Å². The molecule has 2 atom stereocenters. The number of ether oxygens (including phenoxy) is 1. The summed E-state index contributed by atoms with van der Waals surface area (Å²) < 4.78 is 30.5. The van der Waals surface area contributed by atoms with Gasteiger partial charge in [0.2, 0.25) is 10.0 Å². The largest absolute Gasteiger partial charge is 0.372 e. The van der Waals surface area contributed by atoms with Crippen molar-refractivity contribution in [3.8, 4) is 0 Å². The van der Waals surface area contributed by atoms with Crippen molar-refractivity contribution in [3.63, 3.8) is 0 Å². The molecule has 0 aliphatic carbocycles. The monoisotopic (exact) mass is 418 g/mol. The van der Waals surface area contributed by atoms with Crippen LogP contribution in [0.4, 0.5) is 11.5 Å². The second-order valence-electron chi connectivity index (χ2n) is 7.31. The highest BCUT2D eigenvalue weighted by Crippen LogP contribution is 2.19. The van der Waals surface area contributed by atoms with Crippen LogP contribution in [0.15, 0.2) is 42.6 Å². The standard InChI is InChI=1S/C20H26N4O4S/c1-14-12-24(13-15(2)28-14)19-9-6-17(11-21-19)20(25)23-18-7-4-16(5-8-18)10-22-29(3,26)27/h4-9,11,14-15,22H,10,12-13H2,1-3H3,(H,23,25). The molecule has 1 aliphatic rings. The smallest absolute Gasteiger partial charge is 0.257 e. The minimum Gasteiger partial charge on any atom is -0.372 e. The zero-order valence-electron chi connectivity index (χ0n) is 16.8. The lowest BCUT2D eigenvalue weighted by molar-refractivity contribution is -0.00546. The first-order valence-corrected chi connectivity index (χ1v) is 11.3. The Morgan fingerprint density at radius 1 is 1.14 bits per heavy atom. The van der Waals surface area contributed by atoms with Crippen LogP contribution in [-0.4, -0.2) is 50.9 Å². The molecule has 156 valence electrons. The number of carbonyl (C=O) groups is 1. The molecule has 0 bridgehead atoms. The Morgan fingerprint density at radius 2 is 1.79 bits per heavy atom. The number of nitrogens with one attached hydrogen (secondary N) is 2. The maximum absolute atomic E-state index is 12.5. The van der Waals surface area contributed by atoms with Crippen molar-refractivity contribution in [2.75, 3.05) is 29.6 Å². The average molecular weight is 419 g/mol. The summed E-state index contributed by atoms with van der Waals surface area (Å²) in [6.45, 7) is 5.81. The number of anilines is 2. The summed E-state index contributed by atoms with van der Waals surface area (Å²) in [6.07, 6.45) is 2.96. The number of rotatable bonds is 6. The quantitative estimate of drug-likeness (QED) is 0.744. The van der Waals surface area contributed by atoms with E-state index >= 15 is 0 Å². The fraction of sp³-hybridized carbons (Fsp3) is 0.400. The predicted octanol–water partition coefficient (Wildman–Crippen LogP) is 2.00. The molecule has 0 radical (unpaired) electrons. The van der Waals surface area contributed by atoms with Crippen molar-refractivity contribution in [3.05, 3.63) is 53.7 Å². The van der Waals surface area contributed by atoms with Gasteiger partial charge in [-0.1, -0.05) is 12.1 Å². The third-order valence-electron chi connectivity index (χ3n) is 4.50. The second-order valence-corrected chi connectivity index (χ2v) is 9.14. The molecule has 3 rings (SSSR count). The van der Waals surface area contributed by atoms with Crippen molar-refractivity contribution in [2.45, 2.75) is 32.6 Å². The number of morpholine rings is 1. The lowest BCUT2D eigenvalue weighted by atomic mass is 10.2. The van der Waals surface area contributed by atoms with E-state index in [1.165, 1.54) is 0 Å². The van der Waals surface area contributed by atoms with Gasteiger partial charge in [-0.15, -0.1) is 0 Å². The molecule has 1 aromatic heterocycles. The van der Waals surface area contributed by atoms with Gasteiger partial charge in [0.05, 0.1) is 24.0 Å². The van der Waals surface area contributed by atoms with Gasteiger partial charge in [0.15, 0.2) is 0 Å². The maximum Gasteiger partial charge on any atom is 0.257 e. The van der Waals surface area contributed by atoms with Crippen LogP contribution in [0.2, 0.25) is 0 Å². The Kier molecular flexibility index (Phi) is 6.51. The van der Waals surface area contributed by atoms with E-state index in [0.717, 1.165) is 30.7 Å². The van der Waals surface area contributed by atoms with Crippen LogP contribution in [0, 0.1) is 0 Å². The Hall–Kier alpha value is -2.49. The topological polar surface area (TPSA) is 101 Å². The van der Waals surface area contributed by atoms with E-state index < -0.39 is 10.0 Å². The van der Waals surface area contributed by atoms with Crippen molar-refractivity contribution in [2.24, 2.45) is 0 Å². The molecule has 8 nitrogen and oxygen atoms in total. The van der Waals surface area contributed by atoms with E-state index in [1.54, 1.807) is 36.5 Å². The molecule has 2 aromatic rings. The van der Waals surface area contributed by atoms with Crippen molar-refractivity contribution >= 4 is 27.4 Å². The molecule has 1 saturated heterocycles. The van der Waals surface area contributed by atoms with Gasteiger partial charge in [-0.25, -0.2) is 18.1 Å². The Balaban J connectivity index is 1.59. The number of nitrogens with zero attached hydrogens (tertiary/aromatic N) is 2. The lowest BCUT2D eigenvalue weighted by Crippen LogP contribution is -2.45. The second kappa shape index (κ2) is 8.89. The predicted molar refractivity (Wildman–Crippen MR) is 113 cm³/mol. The van der Waals surface area contributed by atoms with Gasteiger partial charge < -0.3 is 15.0 Å². The first kappa shape index (κ1) is 21.2. The van der Waals surface area contributed by atoms with Crippen LogP contribution in [-0.2, 0) is 21.3 Å². The summed E-state index contributed by atoms with van der Waals surface area (Å²) in [5.41, 5.74) is 1.89. The maximum atomic E-state index is 12.5. The van der Waals surface area contributed by atoms with Gasteiger partial charge in [-0.3, -0.25) is 4.79 Å². The molecule has 1 fully saturated rings. The number of carbonyl (C=O) groups excluding carboxylic acids is 1. The van der Waals surface area contributed by atoms with Gasteiger partial charge >= 0.3 is 0 Å². The number of pyridine rings is 1. The molecule has 2 unspecified atom stereocenters. The minimum atomic E-state index is -3.24. The Bertz CT molecular complexity index is 935. The highest BCUT2D eigenvalue weighted by atomic mass is 32.2. The average Bonchev–Trinajstić information content (AvgIpc) is 2.66. The van der Waals surface area contributed by atoms with Gasteiger partial charge in [-0.2, -0.15) is 0 Å². The Labute approximate surface area is 171 Å². The van der Waals surface area contributed by atoms with E-state index in [-0.39, 0.29) is 24.7 Å². The third-order valence-corrected chi connectivity index (χ3v) is 5.17. The van der Waals surface area contributed by atoms with Crippen LogP contribution < -0.4 is 14.9 Å². The van der Waals surface area contributed by atoms with Crippen LogP contribution in [0.5, 0.6) is 0 Å². The fourth-order valence-corrected chi connectivity index (χ4v) is 3.62. The molecule has 2 N–H and O–H groups in total. The summed E-state index contributed by atoms with van der Waals surface area (Å²) in [5.74, 6) is 0.570. The van der Waals surface area contributed by atoms with Crippen LogP contribution in [0.25, 0.3) is 0 Å². The molecule has 29 heavy (non-hydrogen) atoms. The molecule has 0 saturated carbocycles. The van der Waals surface area contributed by atoms with Crippen LogP contribution >= 0.6 is 0 Å². The summed E-state index contributed by atoms with van der Waals surface area (Å²) >= 11 is 0. The number of benzene rings is 1. The number of hydrogen-bond acceptors (Lipinski definition) is 6. The SMILES string of the molecule is CC1CN(c2ccc(C(=O)Nc3ccc(CNS(C)(=O)=O)cc3)cn2)CC(C)O1. The van der Waals surface area contributed by atoms with E-state index in [2.05, 4.69) is 19.9 Å². The Morgan fingerprint density at radius 3 is 2.34 bits per heavy atom. The van der Waals surface area contributed by atoms with Gasteiger partial charge in [0, 0.05) is 31.5 Å². The number of sulfonamides is 1. The van der Waals surface area contributed by atoms with Crippen LogP contribution in [0.3, 0.4) is 0 Å². The summed E-state index contributed by atoms with van der Waals surface area (Å²) in [5, 5.41) is 2.82. The zero-order chi connectivity index (χ0) is 21.0. The molecule has 1 amide bonds. The third kappa shape index (κ3) is 6.25. The molecular formula is C20H26N4O4S. The zero-order valence-corrected chi connectivity index (χ0v) is 17.6. The van der Waals surface area contributed by atoms with Crippen molar-refractivity contribution in [1.82, 2.24) is 9.71 Å². The summed E-state index contributed by atoms with van der Waals surface area (Å²) in [4.78, 5) is 19.1. The molecule has 2 heterocycles. The van der Waals surface area contributed by atoms with Gasteiger partial charge in [0.25, 0.3) is 5.91 Å². The molecule has 0 spiro atoms. The van der Waals surface area contributed by atoms with E-state index in [1.807, 2.05) is 19.9 Å². The number of amides is 1. The molecule has 1 aliphatic heterocycles. The van der Waals surface area contributed by atoms with E-state index in [9.17, 15) is 13.2 Å². The first-order valence-electron chi connectivity index (χ1n) is 9.41. The van der Waals surface area contributed by atoms with E-state index in [4.69, 9.17) is 4.74 Å². The fourth-order valence-electron chi connectivity index (χ4n) is 3.20. The normalized spacial score (nSPS) is 19.8. The van der Waals surface area contributed by atoms with Crippen LogP contribution in [0.1, 0.15) is 29.8 Å². The highest BCUT2D eigenvalue weighted by Gasteiger charge is 2.23. The minimum absolute atomic E-state index is 0.138. The lowest BCUT2D eigenvalue weighted by Gasteiger charge is -2.36. The number of hydrogen-bond donors (Lipinski definition) is 2. The molecule has 9 heteroatoms. The van der Waals surface area contributed by atoms with Gasteiger partial charge in [-0.05, 0) is 43.7 Å². The van der Waals surface area contributed by atoms with E-state index in [0.29, 0.717) is 11.3 Å². The number of aromatic nitrogens is 1. The van der Waals surface area contributed by atoms with Crippen molar-refractivity contribution in [1.29, 1.82) is 0 Å². The molecular weight excluding hydrogens is 392 g/mol. The summed E-state index contributed by atoms with van der Waals surface area (Å²) in [7, 11) is -3.24. The first-order chi connectivity index (χ1) is 13.7. The highest BCUT2D eigenvalue weighted by molar-refractivity contribution is 7.88. The molecule has 1 aromatic carbocycles.